The van der Waals surface area contributed by atoms with Gasteiger partial charge in [-0.05, 0) is 12.6 Å². The monoisotopic (exact) mass is 182 g/mol. The summed E-state index contributed by atoms with van der Waals surface area (Å²) in [6.07, 6.45) is 11.3. The van der Waals surface area contributed by atoms with Crippen LogP contribution in [0.4, 0.5) is 0 Å². The first-order chi connectivity index (χ1) is 6.43. The van der Waals surface area contributed by atoms with E-state index in [4.69, 9.17) is 0 Å². The molecule has 0 radical (unpaired) electrons. The lowest BCUT2D eigenvalue weighted by Crippen LogP contribution is -2.34. The van der Waals surface area contributed by atoms with Crippen molar-refractivity contribution in [1.82, 2.24) is 10.2 Å². The molecule has 76 valence electrons. The van der Waals surface area contributed by atoms with Gasteiger partial charge < -0.3 is 4.90 Å². The molecule has 2 nitrogen and oxygen atoms in total. The molecule has 1 aliphatic heterocycles. The molecule has 0 spiro atoms. The smallest absolute Gasteiger partial charge is 0.0678 e. The normalized spacial score (nSPS) is 16.5. The lowest BCUT2D eigenvalue weighted by Gasteiger charge is -2.23. The highest BCUT2D eigenvalue weighted by molar-refractivity contribution is 4.88. The van der Waals surface area contributed by atoms with Crippen LogP contribution < -0.4 is 5.32 Å². The molecule has 1 aliphatic rings. The molecule has 0 aliphatic carbocycles. The second-order valence-corrected chi connectivity index (χ2v) is 3.72. The van der Waals surface area contributed by atoms with Gasteiger partial charge in [0.05, 0.1) is 6.67 Å². The fourth-order valence-corrected chi connectivity index (χ4v) is 1.62. The van der Waals surface area contributed by atoms with Crippen LogP contribution in [0.25, 0.3) is 0 Å². The fourth-order valence-electron chi connectivity index (χ4n) is 1.62. The minimum Gasteiger partial charge on any atom is -0.365 e. The molecule has 13 heavy (non-hydrogen) atoms. The zero-order valence-electron chi connectivity index (χ0n) is 8.76. The van der Waals surface area contributed by atoms with Gasteiger partial charge in [-0.2, -0.15) is 0 Å². The second kappa shape index (κ2) is 6.96. The Labute approximate surface area is 82.0 Å². The Morgan fingerprint density at radius 2 is 2.08 bits per heavy atom. The summed E-state index contributed by atoms with van der Waals surface area (Å²) >= 11 is 0. The van der Waals surface area contributed by atoms with Crippen LogP contribution >= 0.6 is 0 Å². The molecule has 2 heteroatoms. The molecule has 0 bridgehead atoms. The lowest BCUT2D eigenvalue weighted by molar-refractivity contribution is 0.325. The predicted molar refractivity (Wildman–Crippen MR) is 57.5 cm³/mol. The molecule has 0 aromatic rings. The summed E-state index contributed by atoms with van der Waals surface area (Å²) in [5, 5.41) is 3.33. The van der Waals surface area contributed by atoms with E-state index < -0.39 is 0 Å². The van der Waals surface area contributed by atoms with Gasteiger partial charge in [0.1, 0.15) is 0 Å². The Morgan fingerprint density at radius 1 is 1.23 bits per heavy atom. The molecule has 0 saturated carbocycles. The third-order valence-corrected chi connectivity index (χ3v) is 2.44. The maximum atomic E-state index is 3.33. The first kappa shape index (κ1) is 10.6. The van der Waals surface area contributed by atoms with Gasteiger partial charge in [-0.3, -0.25) is 5.32 Å². The van der Waals surface area contributed by atoms with Gasteiger partial charge in [0, 0.05) is 13.1 Å². The minimum absolute atomic E-state index is 1.03. The molecule has 1 rings (SSSR count). The predicted octanol–water partition coefficient (Wildman–Crippen LogP) is 2.33. The Kier molecular flexibility index (Phi) is 5.66. The van der Waals surface area contributed by atoms with Gasteiger partial charge in [0.15, 0.2) is 0 Å². The van der Waals surface area contributed by atoms with Crippen LogP contribution in [-0.4, -0.2) is 24.7 Å². The molecular formula is C11H22N2. The molecular weight excluding hydrogens is 160 g/mol. The third-order valence-electron chi connectivity index (χ3n) is 2.44. The molecule has 1 heterocycles. The molecule has 0 unspecified atom stereocenters. The molecule has 0 aromatic carbocycles. The van der Waals surface area contributed by atoms with Crippen LogP contribution in [0.2, 0.25) is 0 Å². The summed E-state index contributed by atoms with van der Waals surface area (Å²) in [5.74, 6) is 0. The Balaban J connectivity index is 1.92. The molecule has 0 aromatic heterocycles. The van der Waals surface area contributed by atoms with Crippen LogP contribution in [-0.2, 0) is 0 Å². The quantitative estimate of drug-likeness (QED) is 0.634. The fraction of sp³-hybridized carbons (Fsp3) is 0.818. The number of hydrogen-bond acceptors (Lipinski definition) is 2. The van der Waals surface area contributed by atoms with Crippen molar-refractivity contribution in [3.05, 3.63) is 12.3 Å². The molecule has 0 saturated heterocycles. The van der Waals surface area contributed by atoms with Crippen molar-refractivity contribution in [1.29, 1.82) is 0 Å². The van der Waals surface area contributed by atoms with Gasteiger partial charge in [-0.25, -0.2) is 0 Å². The van der Waals surface area contributed by atoms with Gasteiger partial charge >= 0.3 is 0 Å². The van der Waals surface area contributed by atoms with Crippen molar-refractivity contribution in [2.24, 2.45) is 0 Å². The van der Waals surface area contributed by atoms with Crippen molar-refractivity contribution in [2.75, 3.05) is 19.8 Å². The van der Waals surface area contributed by atoms with Crippen molar-refractivity contribution < 1.29 is 0 Å². The topological polar surface area (TPSA) is 15.3 Å². The maximum absolute atomic E-state index is 3.33. The zero-order chi connectivity index (χ0) is 9.36. The van der Waals surface area contributed by atoms with Gasteiger partial charge in [-0.1, -0.05) is 38.7 Å². The second-order valence-electron chi connectivity index (χ2n) is 3.72. The summed E-state index contributed by atoms with van der Waals surface area (Å²) < 4.78 is 0. The summed E-state index contributed by atoms with van der Waals surface area (Å²) in [7, 11) is 0. The zero-order valence-corrected chi connectivity index (χ0v) is 8.76. The average Bonchev–Trinajstić information content (AvgIpc) is 2.19. The van der Waals surface area contributed by atoms with E-state index in [0.29, 0.717) is 0 Å². The SMILES string of the molecule is CCCCCCCN1C=CCNC1. The number of nitrogens with zero attached hydrogens (tertiary/aromatic N) is 1. The maximum Gasteiger partial charge on any atom is 0.0678 e. The van der Waals surface area contributed by atoms with E-state index in [-0.39, 0.29) is 0 Å². The van der Waals surface area contributed by atoms with E-state index in [2.05, 4.69) is 29.4 Å². The molecule has 0 fully saturated rings. The van der Waals surface area contributed by atoms with Gasteiger partial charge in [0.25, 0.3) is 0 Å². The van der Waals surface area contributed by atoms with Crippen molar-refractivity contribution >= 4 is 0 Å². The van der Waals surface area contributed by atoms with Crippen molar-refractivity contribution in [3.8, 4) is 0 Å². The first-order valence-electron chi connectivity index (χ1n) is 5.55. The average molecular weight is 182 g/mol. The first-order valence-corrected chi connectivity index (χ1v) is 5.55. The largest absolute Gasteiger partial charge is 0.365 e. The summed E-state index contributed by atoms with van der Waals surface area (Å²) in [4.78, 5) is 2.36. The van der Waals surface area contributed by atoms with Gasteiger partial charge in [-0.15, -0.1) is 0 Å². The lowest BCUT2D eigenvalue weighted by atomic mass is 10.1. The Morgan fingerprint density at radius 3 is 2.77 bits per heavy atom. The van der Waals surface area contributed by atoms with Crippen LogP contribution in [0.15, 0.2) is 12.3 Å². The Bertz CT molecular complexity index is 143. The summed E-state index contributed by atoms with van der Waals surface area (Å²) in [6.45, 7) is 5.54. The number of nitrogens with one attached hydrogen (secondary N) is 1. The number of hydrogen-bond donors (Lipinski definition) is 1. The Hall–Kier alpha value is -0.500. The van der Waals surface area contributed by atoms with Crippen LogP contribution in [0.1, 0.15) is 39.0 Å². The standard InChI is InChI=1S/C11H22N2/c1-2-3-4-5-6-9-13-10-7-8-12-11-13/h7,10,12H,2-6,8-9,11H2,1H3. The van der Waals surface area contributed by atoms with E-state index in [1.165, 1.54) is 38.6 Å². The van der Waals surface area contributed by atoms with E-state index in [9.17, 15) is 0 Å². The molecule has 0 amide bonds. The van der Waals surface area contributed by atoms with E-state index in [1.54, 1.807) is 0 Å². The minimum atomic E-state index is 1.03. The highest BCUT2D eigenvalue weighted by Crippen LogP contribution is 2.04. The summed E-state index contributed by atoms with van der Waals surface area (Å²) in [6, 6.07) is 0. The van der Waals surface area contributed by atoms with Crippen LogP contribution in [0.5, 0.6) is 0 Å². The highest BCUT2D eigenvalue weighted by atomic mass is 15.2. The highest BCUT2D eigenvalue weighted by Gasteiger charge is 2.00. The van der Waals surface area contributed by atoms with E-state index in [1.807, 2.05) is 0 Å². The van der Waals surface area contributed by atoms with Crippen LogP contribution in [0, 0.1) is 0 Å². The van der Waals surface area contributed by atoms with Crippen molar-refractivity contribution in [3.63, 3.8) is 0 Å². The number of unbranched alkanes of at least 4 members (excludes halogenated alkanes) is 4. The summed E-state index contributed by atoms with van der Waals surface area (Å²) in [5.41, 5.74) is 0. The van der Waals surface area contributed by atoms with Crippen LogP contribution in [0.3, 0.4) is 0 Å². The van der Waals surface area contributed by atoms with E-state index >= 15 is 0 Å². The molecule has 1 N–H and O–H groups in total. The van der Waals surface area contributed by atoms with E-state index in [0.717, 1.165) is 13.2 Å². The van der Waals surface area contributed by atoms with Crippen molar-refractivity contribution in [2.45, 2.75) is 39.0 Å². The molecule has 0 atom stereocenters. The number of rotatable bonds is 6. The van der Waals surface area contributed by atoms with Gasteiger partial charge in [0.2, 0.25) is 0 Å². The third kappa shape index (κ3) is 4.94.